The van der Waals surface area contributed by atoms with E-state index in [2.05, 4.69) is 25.4 Å². The molecule has 0 saturated carbocycles. The van der Waals surface area contributed by atoms with Crippen LogP contribution in [0.4, 0.5) is 11.9 Å². The summed E-state index contributed by atoms with van der Waals surface area (Å²) in [6.07, 6.45) is 3.24. The second-order valence-electron chi connectivity index (χ2n) is 2.78. The van der Waals surface area contributed by atoms with Crippen molar-refractivity contribution in [3.63, 3.8) is 0 Å². The van der Waals surface area contributed by atoms with E-state index in [9.17, 15) is 0 Å². The minimum Gasteiger partial charge on any atom is -0.368 e. The zero-order valence-corrected chi connectivity index (χ0v) is 10.3. The molecule has 0 aliphatic carbocycles. The molecule has 0 bridgehead atoms. The van der Waals surface area contributed by atoms with Crippen LogP contribution in [0.15, 0.2) is 18.5 Å². The molecule has 0 spiro atoms. The Labute approximate surface area is 100 Å². The molecule has 0 amide bonds. The fourth-order valence-corrected chi connectivity index (χ4v) is 1.10. The van der Waals surface area contributed by atoms with E-state index >= 15 is 0 Å². The molecule has 7 nitrogen and oxygen atoms in total. The first-order chi connectivity index (χ1) is 8.31. The fraction of sp³-hybridized carbons (Fsp3) is 0.400. The van der Waals surface area contributed by atoms with Gasteiger partial charge < -0.3 is 11.1 Å². The van der Waals surface area contributed by atoms with E-state index in [0.717, 1.165) is 6.54 Å². The molecule has 2 aromatic heterocycles. The molecule has 0 fully saturated rings. The predicted molar refractivity (Wildman–Crippen MR) is 66.9 cm³/mol. The Bertz CT molecular complexity index is 437. The normalized spacial score (nSPS) is 9.35. The SMILES string of the molecule is CC.CCNc1nc(N)n(-c2ncccn2)n1. The van der Waals surface area contributed by atoms with Crippen LogP contribution in [0.5, 0.6) is 0 Å². The summed E-state index contributed by atoms with van der Waals surface area (Å²) in [5.41, 5.74) is 5.67. The van der Waals surface area contributed by atoms with E-state index < -0.39 is 0 Å². The Balaban J connectivity index is 0.000000686. The van der Waals surface area contributed by atoms with Gasteiger partial charge in [-0.05, 0) is 13.0 Å². The van der Waals surface area contributed by atoms with Gasteiger partial charge in [0.25, 0.3) is 5.95 Å². The predicted octanol–water partition coefficient (Wildman–Crippen LogP) is 1.10. The molecule has 0 aromatic carbocycles. The van der Waals surface area contributed by atoms with Gasteiger partial charge in [-0.3, -0.25) is 0 Å². The molecule has 0 unspecified atom stereocenters. The third kappa shape index (κ3) is 3.13. The fourth-order valence-electron chi connectivity index (χ4n) is 1.10. The van der Waals surface area contributed by atoms with Crippen molar-refractivity contribution < 1.29 is 0 Å². The lowest BCUT2D eigenvalue weighted by atomic mass is 10.7. The molecule has 2 aromatic rings. The maximum atomic E-state index is 5.67. The van der Waals surface area contributed by atoms with Crippen LogP contribution < -0.4 is 11.1 Å². The van der Waals surface area contributed by atoms with Crippen molar-refractivity contribution in [1.29, 1.82) is 0 Å². The molecule has 0 atom stereocenters. The van der Waals surface area contributed by atoms with E-state index in [-0.39, 0.29) is 5.95 Å². The Morgan fingerprint density at radius 2 is 1.94 bits per heavy atom. The maximum Gasteiger partial charge on any atom is 0.253 e. The van der Waals surface area contributed by atoms with Crippen LogP contribution in [0.25, 0.3) is 5.95 Å². The number of hydrogen-bond donors (Lipinski definition) is 2. The summed E-state index contributed by atoms with van der Waals surface area (Å²) < 4.78 is 1.39. The number of nitrogens with zero attached hydrogens (tertiary/aromatic N) is 5. The Kier molecular flexibility index (Phi) is 4.86. The van der Waals surface area contributed by atoms with Crippen LogP contribution in [0.1, 0.15) is 20.8 Å². The Morgan fingerprint density at radius 3 is 2.53 bits per heavy atom. The van der Waals surface area contributed by atoms with Gasteiger partial charge >= 0.3 is 0 Å². The van der Waals surface area contributed by atoms with Gasteiger partial charge in [0.05, 0.1) is 0 Å². The number of aromatic nitrogens is 5. The van der Waals surface area contributed by atoms with Crippen molar-refractivity contribution in [2.24, 2.45) is 0 Å². The van der Waals surface area contributed by atoms with Crippen LogP contribution in [0.3, 0.4) is 0 Å². The quantitative estimate of drug-likeness (QED) is 0.827. The van der Waals surface area contributed by atoms with Crippen LogP contribution in [-0.4, -0.2) is 31.3 Å². The number of hydrogen-bond acceptors (Lipinski definition) is 6. The summed E-state index contributed by atoms with van der Waals surface area (Å²) in [7, 11) is 0. The largest absolute Gasteiger partial charge is 0.368 e. The van der Waals surface area contributed by atoms with Gasteiger partial charge in [-0.1, -0.05) is 13.8 Å². The highest BCUT2D eigenvalue weighted by Gasteiger charge is 2.09. The molecule has 0 radical (unpaired) electrons. The number of rotatable bonds is 3. The van der Waals surface area contributed by atoms with E-state index in [1.165, 1.54) is 4.68 Å². The maximum absolute atomic E-state index is 5.67. The molecule has 92 valence electrons. The summed E-state index contributed by atoms with van der Waals surface area (Å²) in [6, 6.07) is 1.72. The number of nitrogen functional groups attached to an aromatic ring is 1. The monoisotopic (exact) mass is 235 g/mol. The van der Waals surface area contributed by atoms with E-state index in [1.54, 1.807) is 18.5 Å². The molecular weight excluding hydrogens is 218 g/mol. The Hall–Kier alpha value is -2.18. The van der Waals surface area contributed by atoms with Gasteiger partial charge in [-0.15, -0.1) is 5.10 Å². The van der Waals surface area contributed by atoms with Crippen LogP contribution in [-0.2, 0) is 0 Å². The number of nitrogens with one attached hydrogen (secondary N) is 1. The molecule has 7 heteroatoms. The van der Waals surface area contributed by atoms with Crippen LogP contribution in [0, 0.1) is 0 Å². The van der Waals surface area contributed by atoms with Gasteiger partial charge in [-0.25, -0.2) is 9.97 Å². The van der Waals surface area contributed by atoms with Crippen molar-refractivity contribution in [3.8, 4) is 5.95 Å². The standard InChI is InChI=1S/C8H11N7.C2H6/c1-2-10-7-13-6(9)15(14-7)8-11-4-3-5-12-8;1-2/h3-5H,2H2,1H3,(H3,9,10,13,14);1-2H3. The second-order valence-corrected chi connectivity index (χ2v) is 2.78. The molecule has 0 aliphatic heterocycles. The topological polar surface area (TPSA) is 94.5 Å². The molecule has 0 aliphatic rings. The third-order valence-corrected chi connectivity index (χ3v) is 1.71. The van der Waals surface area contributed by atoms with Gasteiger partial charge in [0, 0.05) is 18.9 Å². The number of nitrogens with two attached hydrogens (primary N) is 1. The van der Waals surface area contributed by atoms with Gasteiger partial charge in [0.2, 0.25) is 11.9 Å². The van der Waals surface area contributed by atoms with E-state index in [4.69, 9.17) is 5.73 Å². The first-order valence-corrected chi connectivity index (χ1v) is 5.55. The molecule has 17 heavy (non-hydrogen) atoms. The van der Waals surface area contributed by atoms with Crippen molar-refractivity contribution in [2.45, 2.75) is 20.8 Å². The zero-order chi connectivity index (χ0) is 12.7. The summed E-state index contributed by atoms with van der Waals surface area (Å²) in [4.78, 5) is 12.1. The van der Waals surface area contributed by atoms with Gasteiger partial charge in [0.15, 0.2) is 0 Å². The highest BCUT2D eigenvalue weighted by Crippen LogP contribution is 2.08. The van der Waals surface area contributed by atoms with E-state index in [0.29, 0.717) is 11.9 Å². The van der Waals surface area contributed by atoms with Crippen molar-refractivity contribution in [2.75, 3.05) is 17.6 Å². The summed E-state index contributed by atoms with van der Waals surface area (Å²) >= 11 is 0. The minimum atomic E-state index is 0.261. The van der Waals surface area contributed by atoms with Crippen LogP contribution >= 0.6 is 0 Å². The average molecular weight is 235 g/mol. The lowest BCUT2D eigenvalue weighted by molar-refractivity contribution is 0.817. The zero-order valence-electron chi connectivity index (χ0n) is 10.3. The first-order valence-electron chi connectivity index (χ1n) is 5.55. The minimum absolute atomic E-state index is 0.261. The molecule has 0 saturated heterocycles. The van der Waals surface area contributed by atoms with E-state index in [1.807, 2.05) is 20.8 Å². The number of anilines is 2. The van der Waals surface area contributed by atoms with Crippen molar-refractivity contribution in [1.82, 2.24) is 24.7 Å². The lowest BCUT2D eigenvalue weighted by Gasteiger charge is -1.97. The summed E-state index contributed by atoms with van der Waals surface area (Å²) in [5, 5.41) is 7.07. The molecular formula is C10H17N7. The summed E-state index contributed by atoms with van der Waals surface area (Å²) in [6.45, 7) is 6.69. The lowest BCUT2D eigenvalue weighted by Crippen LogP contribution is -2.06. The van der Waals surface area contributed by atoms with Gasteiger partial charge in [-0.2, -0.15) is 9.67 Å². The molecule has 3 N–H and O–H groups in total. The van der Waals surface area contributed by atoms with Crippen molar-refractivity contribution in [3.05, 3.63) is 18.5 Å². The summed E-state index contributed by atoms with van der Waals surface area (Å²) in [5.74, 6) is 1.14. The van der Waals surface area contributed by atoms with Crippen molar-refractivity contribution >= 4 is 11.9 Å². The first kappa shape index (κ1) is 12.9. The second kappa shape index (κ2) is 6.41. The highest BCUT2D eigenvalue weighted by molar-refractivity contribution is 5.35. The average Bonchev–Trinajstić information content (AvgIpc) is 2.74. The Morgan fingerprint density at radius 1 is 1.29 bits per heavy atom. The van der Waals surface area contributed by atoms with Crippen LogP contribution in [0.2, 0.25) is 0 Å². The molecule has 2 heterocycles. The van der Waals surface area contributed by atoms with Gasteiger partial charge in [0.1, 0.15) is 0 Å². The highest BCUT2D eigenvalue weighted by atomic mass is 15.5. The smallest absolute Gasteiger partial charge is 0.253 e. The third-order valence-electron chi connectivity index (χ3n) is 1.71. The molecule has 2 rings (SSSR count).